The number of rotatable bonds is 5. The number of carbonyl (C=O) groups is 1. The predicted octanol–water partition coefficient (Wildman–Crippen LogP) is 3.40. The van der Waals surface area contributed by atoms with E-state index in [1.807, 2.05) is 47.4 Å². The number of sulfone groups is 1. The lowest BCUT2D eigenvalue weighted by atomic mass is 10.1. The van der Waals surface area contributed by atoms with Crippen LogP contribution in [-0.4, -0.2) is 61.7 Å². The summed E-state index contributed by atoms with van der Waals surface area (Å²) in [7, 11) is -3.19. The summed E-state index contributed by atoms with van der Waals surface area (Å²) >= 11 is 0. The molecule has 0 bridgehead atoms. The molecule has 1 amide bonds. The molecular weight excluding hydrogens is 426 g/mol. The van der Waals surface area contributed by atoms with Crippen LogP contribution >= 0.6 is 0 Å². The maximum absolute atomic E-state index is 13.4. The molecule has 0 aliphatic carbocycles. The first-order valence-electron chi connectivity index (χ1n) is 10.7. The van der Waals surface area contributed by atoms with E-state index in [9.17, 15) is 13.2 Å². The molecule has 1 fully saturated rings. The van der Waals surface area contributed by atoms with E-state index in [0.29, 0.717) is 41.5 Å². The molecule has 7 nitrogen and oxygen atoms in total. The Bertz CT molecular complexity index is 1190. The summed E-state index contributed by atoms with van der Waals surface area (Å²) in [4.78, 5) is 17.9. The highest BCUT2D eigenvalue weighted by Gasteiger charge is 2.27. The van der Waals surface area contributed by atoms with Crippen molar-refractivity contribution in [3.63, 3.8) is 0 Å². The summed E-state index contributed by atoms with van der Waals surface area (Å²) < 4.78 is 28.7. The van der Waals surface area contributed by atoms with Gasteiger partial charge in [-0.05, 0) is 31.0 Å². The average molecular weight is 454 g/mol. The van der Waals surface area contributed by atoms with Crippen molar-refractivity contribution in [1.29, 1.82) is 0 Å². The van der Waals surface area contributed by atoms with Gasteiger partial charge in [0.15, 0.2) is 9.84 Å². The van der Waals surface area contributed by atoms with E-state index in [2.05, 4.69) is 10.1 Å². The summed E-state index contributed by atoms with van der Waals surface area (Å²) in [6.45, 7) is 5.38. The number of benzene rings is 2. The third-order valence-corrected chi connectivity index (χ3v) is 6.89. The number of aryl methyl sites for hydroxylation is 1. The fourth-order valence-corrected chi connectivity index (χ4v) is 4.64. The smallest absolute Gasteiger partial charge is 0.259 e. The first-order chi connectivity index (χ1) is 15.3. The number of carbonyl (C=O) groups excluding carboxylic acids is 1. The maximum Gasteiger partial charge on any atom is 0.259 e. The molecule has 2 heterocycles. The average Bonchev–Trinajstić information content (AvgIpc) is 3.01. The largest absolute Gasteiger partial charge is 0.360 e. The quantitative estimate of drug-likeness (QED) is 0.589. The molecular formula is C24H27N3O4S. The third-order valence-electron chi connectivity index (χ3n) is 5.76. The van der Waals surface area contributed by atoms with E-state index in [-0.39, 0.29) is 5.91 Å². The predicted molar refractivity (Wildman–Crippen MR) is 122 cm³/mol. The van der Waals surface area contributed by atoms with Crippen molar-refractivity contribution >= 4 is 15.7 Å². The minimum atomic E-state index is -3.19. The van der Waals surface area contributed by atoms with E-state index in [1.54, 1.807) is 19.1 Å². The summed E-state index contributed by atoms with van der Waals surface area (Å²) in [6, 6.07) is 16.6. The van der Waals surface area contributed by atoms with Crippen molar-refractivity contribution in [1.82, 2.24) is 15.0 Å². The Balaban J connectivity index is 1.44. The molecule has 0 radical (unpaired) electrons. The minimum absolute atomic E-state index is 0.0537. The van der Waals surface area contributed by atoms with E-state index in [0.717, 1.165) is 30.6 Å². The van der Waals surface area contributed by atoms with Crippen LogP contribution in [0, 0.1) is 6.92 Å². The Kier molecular flexibility index (Phi) is 6.43. The Morgan fingerprint density at radius 1 is 1.00 bits per heavy atom. The van der Waals surface area contributed by atoms with Gasteiger partial charge in [0.05, 0.1) is 4.90 Å². The van der Waals surface area contributed by atoms with Crippen LogP contribution in [0.15, 0.2) is 64.0 Å². The summed E-state index contributed by atoms with van der Waals surface area (Å²) in [5.74, 6) is 0.475. The van der Waals surface area contributed by atoms with E-state index >= 15 is 0 Å². The molecule has 1 saturated heterocycles. The summed E-state index contributed by atoms with van der Waals surface area (Å²) in [6.07, 6.45) is 2.07. The molecule has 4 rings (SSSR count). The van der Waals surface area contributed by atoms with Gasteiger partial charge in [0.2, 0.25) is 0 Å². The molecule has 32 heavy (non-hydrogen) atoms. The van der Waals surface area contributed by atoms with Gasteiger partial charge < -0.3 is 9.42 Å². The van der Waals surface area contributed by atoms with Gasteiger partial charge in [0.1, 0.15) is 17.0 Å². The van der Waals surface area contributed by atoms with Crippen LogP contribution in [0.25, 0.3) is 11.3 Å². The van der Waals surface area contributed by atoms with Gasteiger partial charge >= 0.3 is 0 Å². The molecule has 0 atom stereocenters. The van der Waals surface area contributed by atoms with Crippen molar-refractivity contribution in [2.75, 3.05) is 32.4 Å². The zero-order valence-electron chi connectivity index (χ0n) is 18.3. The Hall–Kier alpha value is -2.97. The normalized spacial score (nSPS) is 15.5. The highest BCUT2D eigenvalue weighted by atomic mass is 32.2. The summed E-state index contributed by atoms with van der Waals surface area (Å²) in [5, 5.41) is 4.14. The monoisotopic (exact) mass is 453 g/mol. The van der Waals surface area contributed by atoms with E-state index < -0.39 is 9.84 Å². The van der Waals surface area contributed by atoms with Crippen LogP contribution in [0.2, 0.25) is 0 Å². The second-order valence-corrected chi connectivity index (χ2v) is 10.2. The van der Waals surface area contributed by atoms with Gasteiger partial charge in [0, 0.05) is 44.5 Å². The first-order valence-corrected chi connectivity index (χ1v) is 12.5. The highest BCUT2D eigenvalue weighted by molar-refractivity contribution is 7.90. The van der Waals surface area contributed by atoms with Gasteiger partial charge in [-0.3, -0.25) is 9.69 Å². The van der Waals surface area contributed by atoms with Crippen molar-refractivity contribution in [3.05, 3.63) is 71.5 Å². The Labute approximate surface area is 188 Å². The van der Waals surface area contributed by atoms with E-state index in [4.69, 9.17) is 4.52 Å². The standard InChI is InChI=1S/C24H27N3O4S/c1-18-22(23(25-31-18)20-7-4-3-5-8-20)24(28)27-14-6-13-26(15-16-27)17-19-9-11-21(12-10-19)32(2,29)30/h3-5,7-12H,6,13-17H2,1-2H3. The number of hydrogen-bond acceptors (Lipinski definition) is 6. The first kappa shape index (κ1) is 22.2. The van der Waals surface area contributed by atoms with Crippen LogP contribution < -0.4 is 0 Å². The molecule has 8 heteroatoms. The van der Waals surface area contributed by atoms with Gasteiger partial charge in [-0.1, -0.05) is 47.6 Å². The minimum Gasteiger partial charge on any atom is -0.360 e. The van der Waals surface area contributed by atoms with E-state index in [1.165, 1.54) is 6.26 Å². The fraction of sp³-hybridized carbons (Fsp3) is 0.333. The molecule has 1 aliphatic heterocycles. The van der Waals surface area contributed by atoms with Crippen molar-refractivity contribution in [2.24, 2.45) is 0 Å². The number of aromatic nitrogens is 1. The lowest BCUT2D eigenvalue weighted by Gasteiger charge is -2.22. The van der Waals surface area contributed by atoms with Gasteiger partial charge in [-0.2, -0.15) is 0 Å². The highest BCUT2D eigenvalue weighted by Crippen LogP contribution is 2.27. The van der Waals surface area contributed by atoms with Gasteiger partial charge in [0.25, 0.3) is 5.91 Å². The Morgan fingerprint density at radius 3 is 2.41 bits per heavy atom. The second kappa shape index (κ2) is 9.26. The zero-order chi connectivity index (χ0) is 22.7. The molecule has 0 spiro atoms. The SMILES string of the molecule is Cc1onc(-c2ccccc2)c1C(=O)N1CCCN(Cc2ccc(S(C)(=O)=O)cc2)CC1. The molecule has 3 aromatic rings. The van der Waals surface area contributed by atoms with Gasteiger partial charge in [-0.15, -0.1) is 0 Å². The van der Waals surface area contributed by atoms with Crippen molar-refractivity contribution in [3.8, 4) is 11.3 Å². The van der Waals surface area contributed by atoms with Crippen LogP contribution in [-0.2, 0) is 16.4 Å². The number of amides is 1. The zero-order valence-corrected chi connectivity index (χ0v) is 19.1. The van der Waals surface area contributed by atoms with Crippen LogP contribution in [0.4, 0.5) is 0 Å². The molecule has 0 unspecified atom stereocenters. The summed E-state index contributed by atoms with van der Waals surface area (Å²) in [5.41, 5.74) is 3.03. The molecule has 2 aromatic carbocycles. The fourth-order valence-electron chi connectivity index (χ4n) is 4.01. The molecule has 0 saturated carbocycles. The maximum atomic E-state index is 13.4. The number of hydrogen-bond donors (Lipinski definition) is 0. The Morgan fingerprint density at radius 2 is 1.72 bits per heavy atom. The van der Waals surface area contributed by atoms with Crippen LogP contribution in [0.3, 0.4) is 0 Å². The lowest BCUT2D eigenvalue weighted by molar-refractivity contribution is 0.0760. The van der Waals surface area contributed by atoms with Crippen molar-refractivity contribution < 1.29 is 17.7 Å². The lowest BCUT2D eigenvalue weighted by Crippen LogP contribution is -2.35. The van der Waals surface area contributed by atoms with Gasteiger partial charge in [-0.25, -0.2) is 8.42 Å². The third kappa shape index (κ3) is 4.92. The molecule has 1 aliphatic rings. The second-order valence-electron chi connectivity index (χ2n) is 8.17. The molecule has 168 valence electrons. The van der Waals surface area contributed by atoms with Crippen molar-refractivity contribution in [2.45, 2.75) is 24.8 Å². The molecule has 1 aromatic heterocycles. The van der Waals surface area contributed by atoms with Crippen LogP contribution in [0.1, 0.15) is 28.1 Å². The molecule has 0 N–H and O–H groups in total. The van der Waals surface area contributed by atoms with Crippen LogP contribution in [0.5, 0.6) is 0 Å². The topological polar surface area (TPSA) is 83.7 Å². The number of nitrogens with zero attached hydrogens (tertiary/aromatic N) is 3.